The van der Waals surface area contributed by atoms with Crippen LogP contribution in [0.2, 0.25) is 5.02 Å². The molecule has 1 aliphatic rings. The van der Waals surface area contributed by atoms with Gasteiger partial charge in [0.25, 0.3) is 0 Å². The van der Waals surface area contributed by atoms with Crippen molar-refractivity contribution in [1.82, 2.24) is 0 Å². The van der Waals surface area contributed by atoms with Gasteiger partial charge in [-0.15, -0.1) is 0 Å². The molecule has 5 heteroatoms. The fraction of sp³-hybridized carbons (Fsp3) is 0.562. The van der Waals surface area contributed by atoms with E-state index in [0.29, 0.717) is 23.1 Å². The molecule has 1 heterocycles. The fourth-order valence-electron chi connectivity index (χ4n) is 2.96. The van der Waals surface area contributed by atoms with E-state index < -0.39 is 5.97 Å². The Morgan fingerprint density at radius 3 is 2.90 bits per heavy atom. The highest BCUT2D eigenvalue weighted by Gasteiger charge is 2.27. The molecule has 1 aromatic rings. The lowest BCUT2D eigenvalue weighted by molar-refractivity contribution is -0.142. The van der Waals surface area contributed by atoms with Gasteiger partial charge in [0, 0.05) is 18.8 Å². The summed E-state index contributed by atoms with van der Waals surface area (Å²) in [6, 6.07) is 5.79. The predicted octanol–water partition coefficient (Wildman–Crippen LogP) is 3.68. The number of aliphatic carboxylic acids is 1. The molecule has 21 heavy (non-hydrogen) atoms. The van der Waals surface area contributed by atoms with Gasteiger partial charge in [-0.1, -0.05) is 18.5 Å². The molecule has 0 spiro atoms. The maximum absolute atomic E-state index is 11.1. The fourth-order valence-corrected chi connectivity index (χ4v) is 3.21. The first-order valence-electron chi connectivity index (χ1n) is 7.36. The Balaban J connectivity index is 1.99. The number of ether oxygens (including phenoxy) is 1. The van der Waals surface area contributed by atoms with Crippen molar-refractivity contribution >= 4 is 23.3 Å². The zero-order valence-corrected chi connectivity index (χ0v) is 13.3. The Morgan fingerprint density at radius 1 is 1.57 bits per heavy atom. The minimum Gasteiger partial charge on any atom is -0.495 e. The zero-order chi connectivity index (χ0) is 15.4. The second-order valence-corrected chi connectivity index (χ2v) is 6.01. The molecule has 0 aliphatic carbocycles. The molecule has 4 nitrogen and oxygen atoms in total. The number of hydrogen-bond donors (Lipinski definition) is 1. The number of carbonyl (C=O) groups is 1. The van der Waals surface area contributed by atoms with Crippen LogP contribution in [-0.4, -0.2) is 31.3 Å². The van der Waals surface area contributed by atoms with Crippen molar-refractivity contribution in [3.8, 4) is 5.75 Å². The zero-order valence-electron chi connectivity index (χ0n) is 12.5. The molecule has 2 atom stereocenters. The topological polar surface area (TPSA) is 49.8 Å². The number of carboxylic acids is 1. The van der Waals surface area contributed by atoms with Crippen LogP contribution in [0.1, 0.15) is 26.2 Å². The van der Waals surface area contributed by atoms with Gasteiger partial charge in [-0.05, 0) is 43.4 Å². The van der Waals surface area contributed by atoms with Crippen LogP contribution < -0.4 is 9.64 Å². The van der Waals surface area contributed by atoms with E-state index in [9.17, 15) is 4.79 Å². The average Bonchev–Trinajstić information content (AvgIpc) is 2.93. The minimum atomic E-state index is -0.677. The number of benzene rings is 1. The first-order chi connectivity index (χ1) is 10.0. The van der Waals surface area contributed by atoms with Crippen molar-refractivity contribution in [2.45, 2.75) is 26.2 Å². The molecule has 0 saturated carbocycles. The summed E-state index contributed by atoms with van der Waals surface area (Å²) in [5, 5.41) is 9.77. The lowest BCUT2D eigenvalue weighted by atomic mass is 9.92. The lowest BCUT2D eigenvalue weighted by Gasteiger charge is -2.20. The summed E-state index contributed by atoms with van der Waals surface area (Å²) < 4.78 is 5.16. The Bertz CT molecular complexity index is 506. The number of anilines is 1. The van der Waals surface area contributed by atoms with Gasteiger partial charge < -0.3 is 14.7 Å². The third kappa shape index (κ3) is 3.82. The minimum absolute atomic E-state index is 0.227. The molecule has 1 aromatic carbocycles. The third-order valence-corrected chi connectivity index (χ3v) is 4.54. The van der Waals surface area contributed by atoms with E-state index in [1.807, 2.05) is 25.1 Å². The molecular formula is C16H22ClNO3. The van der Waals surface area contributed by atoms with E-state index in [1.165, 1.54) is 0 Å². The summed E-state index contributed by atoms with van der Waals surface area (Å²) in [6.45, 7) is 3.78. The molecule has 2 rings (SSSR count). The molecule has 1 aliphatic heterocycles. The van der Waals surface area contributed by atoms with Crippen molar-refractivity contribution in [3.63, 3.8) is 0 Å². The molecule has 1 saturated heterocycles. The second kappa shape index (κ2) is 7.03. The summed E-state index contributed by atoms with van der Waals surface area (Å²) in [4.78, 5) is 13.4. The molecule has 1 N–H and O–H groups in total. The monoisotopic (exact) mass is 311 g/mol. The normalized spacial score (nSPS) is 19.6. The number of halogens is 1. The van der Waals surface area contributed by atoms with Gasteiger partial charge in [-0.2, -0.15) is 0 Å². The first kappa shape index (κ1) is 16.0. The SMILES string of the molecule is CCC(CC1CCN(c2ccc(OC)c(Cl)c2)C1)C(=O)O. The molecular weight excluding hydrogens is 290 g/mol. The number of methoxy groups -OCH3 is 1. The summed E-state index contributed by atoms with van der Waals surface area (Å²) in [7, 11) is 1.60. The largest absolute Gasteiger partial charge is 0.495 e. The van der Waals surface area contributed by atoms with Crippen LogP contribution >= 0.6 is 11.6 Å². The number of carboxylic acid groups (broad SMARTS) is 1. The van der Waals surface area contributed by atoms with Crippen LogP contribution in [0.4, 0.5) is 5.69 Å². The highest BCUT2D eigenvalue weighted by atomic mass is 35.5. The molecule has 1 fully saturated rings. The Kier molecular flexibility index (Phi) is 5.34. The summed E-state index contributed by atoms with van der Waals surface area (Å²) in [5.74, 6) is 0.206. The highest BCUT2D eigenvalue weighted by Crippen LogP contribution is 2.33. The maximum atomic E-state index is 11.1. The van der Waals surface area contributed by atoms with Crippen molar-refractivity contribution in [2.75, 3.05) is 25.1 Å². The summed E-state index contributed by atoms with van der Waals surface area (Å²) in [5.41, 5.74) is 1.08. The van der Waals surface area contributed by atoms with Gasteiger partial charge in [0.2, 0.25) is 0 Å². The van der Waals surface area contributed by atoms with Crippen LogP contribution in [0.5, 0.6) is 5.75 Å². The van der Waals surface area contributed by atoms with E-state index in [-0.39, 0.29) is 5.92 Å². The van der Waals surface area contributed by atoms with E-state index in [4.69, 9.17) is 21.4 Å². The molecule has 2 unspecified atom stereocenters. The van der Waals surface area contributed by atoms with Crippen LogP contribution in [0, 0.1) is 11.8 Å². The van der Waals surface area contributed by atoms with Crippen LogP contribution in [0.25, 0.3) is 0 Å². The van der Waals surface area contributed by atoms with Crippen molar-refractivity contribution < 1.29 is 14.6 Å². The van der Waals surface area contributed by atoms with E-state index in [2.05, 4.69) is 4.90 Å². The maximum Gasteiger partial charge on any atom is 0.306 e. The van der Waals surface area contributed by atoms with Gasteiger partial charge in [-0.3, -0.25) is 4.79 Å². The number of nitrogens with zero attached hydrogens (tertiary/aromatic N) is 1. The van der Waals surface area contributed by atoms with Crippen molar-refractivity contribution in [1.29, 1.82) is 0 Å². The predicted molar refractivity (Wildman–Crippen MR) is 84.4 cm³/mol. The number of hydrogen-bond acceptors (Lipinski definition) is 3. The van der Waals surface area contributed by atoms with E-state index in [1.54, 1.807) is 7.11 Å². The summed E-state index contributed by atoms with van der Waals surface area (Å²) in [6.07, 6.45) is 2.49. The Morgan fingerprint density at radius 2 is 2.33 bits per heavy atom. The lowest BCUT2D eigenvalue weighted by Crippen LogP contribution is -2.22. The van der Waals surface area contributed by atoms with Crippen LogP contribution in [0.3, 0.4) is 0 Å². The molecule has 0 bridgehead atoms. The number of rotatable bonds is 6. The highest BCUT2D eigenvalue weighted by molar-refractivity contribution is 6.32. The van der Waals surface area contributed by atoms with Crippen LogP contribution in [0.15, 0.2) is 18.2 Å². The average molecular weight is 312 g/mol. The molecule has 0 aromatic heterocycles. The molecule has 116 valence electrons. The van der Waals surface area contributed by atoms with Gasteiger partial charge in [0.1, 0.15) is 5.75 Å². The van der Waals surface area contributed by atoms with Crippen molar-refractivity contribution in [3.05, 3.63) is 23.2 Å². The first-order valence-corrected chi connectivity index (χ1v) is 7.74. The smallest absolute Gasteiger partial charge is 0.306 e. The van der Waals surface area contributed by atoms with E-state index >= 15 is 0 Å². The molecule has 0 amide bonds. The van der Waals surface area contributed by atoms with Gasteiger partial charge >= 0.3 is 5.97 Å². The van der Waals surface area contributed by atoms with E-state index in [0.717, 1.165) is 31.6 Å². The van der Waals surface area contributed by atoms with Gasteiger partial charge in [0.15, 0.2) is 0 Å². The third-order valence-electron chi connectivity index (χ3n) is 4.25. The Hall–Kier alpha value is -1.42. The second-order valence-electron chi connectivity index (χ2n) is 5.60. The van der Waals surface area contributed by atoms with Crippen LogP contribution in [-0.2, 0) is 4.79 Å². The quantitative estimate of drug-likeness (QED) is 0.870. The Labute approximate surface area is 130 Å². The molecule has 0 radical (unpaired) electrons. The summed E-state index contributed by atoms with van der Waals surface area (Å²) >= 11 is 6.16. The van der Waals surface area contributed by atoms with Gasteiger partial charge in [-0.25, -0.2) is 0 Å². The standard InChI is InChI=1S/C16H22ClNO3/c1-3-12(16(19)20)8-11-6-7-18(10-11)13-4-5-15(21-2)14(17)9-13/h4-5,9,11-12H,3,6-8,10H2,1-2H3,(H,19,20). The van der Waals surface area contributed by atoms with Gasteiger partial charge in [0.05, 0.1) is 18.1 Å². The van der Waals surface area contributed by atoms with Crippen molar-refractivity contribution in [2.24, 2.45) is 11.8 Å².